The highest BCUT2D eigenvalue weighted by molar-refractivity contribution is 5.83. The van der Waals surface area contributed by atoms with E-state index in [1.807, 2.05) is 11.8 Å². The molecule has 0 aromatic heterocycles. The van der Waals surface area contributed by atoms with Gasteiger partial charge in [-0.2, -0.15) is 0 Å². The van der Waals surface area contributed by atoms with Gasteiger partial charge in [0, 0.05) is 26.2 Å². The third-order valence-electron chi connectivity index (χ3n) is 4.49. The summed E-state index contributed by atoms with van der Waals surface area (Å²) in [6.45, 7) is 6.44. The van der Waals surface area contributed by atoms with Gasteiger partial charge in [-0.3, -0.25) is 4.79 Å². The van der Waals surface area contributed by atoms with Crippen molar-refractivity contribution in [1.82, 2.24) is 4.90 Å². The smallest absolute Gasteiger partial charge is 0.232 e. The lowest BCUT2D eigenvalue weighted by atomic mass is 9.83. The fourth-order valence-electron chi connectivity index (χ4n) is 2.80. The molecule has 2 heterocycles. The number of rotatable bonds is 2. The van der Waals surface area contributed by atoms with Gasteiger partial charge in [-0.15, -0.1) is 0 Å². The first-order valence-electron chi connectivity index (χ1n) is 6.64. The van der Waals surface area contributed by atoms with Crippen LogP contribution >= 0.6 is 0 Å². The van der Waals surface area contributed by atoms with Crippen LogP contribution in [0.3, 0.4) is 0 Å². The molecular formula is C13H24N2O3. The van der Waals surface area contributed by atoms with E-state index in [9.17, 15) is 4.79 Å². The molecule has 2 aliphatic heterocycles. The summed E-state index contributed by atoms with van der Waals surface area (Å²) in [7, 11) is 1.71. The van der Waals surface area contributed by atoms with Crippen molar-refractivity contribution in [1.29, 1.82) is 0 Å². The molecule has 0 spiro atoms. The number of carbonyl (C=O) groups excluding carboxylic acids is 1. The van der Waals surface area contributed by atoms with Gasteiger partial charge in [-0.25, -0.2) is 0 Å². The second-order valence-corrected chi connectivity index (χ2v) is 5.83. The van der Waals surface area contributed by atoms with Crippen molar-refractivity contribution in [3.63, 3.8) is 0 Å². The Morgan fingerprint density at radius 3 is 2.83 bits per heavy atom. The second kappa shape index (κ2) is 5.15. The van der Waals surface area contributed by atoms with E-state index in [1.165, 1.54) is 0 Å². The first-order valence-corrected chi connectivity index (χ1v) is 6.64. The molecule has 4 atom stereocenters. The molecule has 2 saturated heterocycles. The Morgan fingerprint density at radius 1 is 1.56 bits per heavy atom. The van der Waals surface area contributed by atoms with E-state index in [1.54, 1.807) is 7.11 Å². The summed E-state index contributed by atoms with van der Waals surface area (Å²) in [5, 5.41) is 0. The lowest BCUT2D eigenvalue weighted by Crippen LogP contribution is -2.55. The van der Waals surface area contributed by atoms with Gasteiger partial charge in [0.1, 0.15) is 0 Å². The highest BCUT2D eigenvalue weighted by Crippen LogP contribution is 2.31. The number of likely N-dealkylation sites (tertiary alicyclic amines) is 1. The summed E-state index contributed by atoms with van der Waals surface area (Å²) >= 11 is 0. The molecule has 2 N–H and O–H groups in total. The normalized spacial score (nSPS) is 41.1. The van der Waals surface area contributed by atoms with Crippen molar-refractivity contribution in [3.8, 4) is 0 Å². The average Bonchev–Trinajstić information content (AvgIpc) is 2.70. The molecular weight excluding hydrogens is 232 g/mol. The maximum Gasteiger partial charge on any atom is 0.232 e. The number of methoxy groups -OCH3 is 1. The highest BCUT2D eigenvalue weighted by Gasteiger charge is 2.47. The maximum absolute atomic E-state index is 12.6. The summed E-state index contributed by atoms with van der Waals surface area (Å²) in [4.78, 5) is 14.5. The Labute approximate surface area is 109 Å². The third-order valence-corrected chi connectivity index (χ3v) is 4.49. The lowest BCUT2D eigenvalue weighted by molar-refractivity contribution is -0.146. The monoisotopic (exact) mass is 256 g/mol. The molecule has 5 heteroatoms. The first kappa shape index (κ1) is 13.8. The van der Waals surface area contributed by atoms with Crippen molar-refractivity contribution >= 4 is 5.91 Å². The lowest BCUT2D eigenvalue weighted by Gasteiger charge is -2.40. The minimum Gasteiger partial charge on any atom is -0.379 e. The maximum atomic E-state index is 12.6. The summed E-state index contributed by atoms with van der Waals surface area (Å²) < 4.78 is 10.8. The Hall–Kier alpha value is -0.650. The molecule has 5 nitrogen and oxygen atoms in total. The van der Waals surface area contributed by atoms with Crippen LogP contribution in [0.4, 0.5) is 0 Å². The van der Waals surface area contributed by atoms with E-state index in [0.717, 1.165) is 13.0 Å². The van der Waals surface area contributed by atoms with Crippen molar-refractivity contribution in [2.45, 2.75) is 32.4 Å². The molecule has 0 aromatic carbocycles. The summed E-state index contributed by atoms with van der Waals surface area (Å²) in [5.74, 6) is 0.613. The van der Waals surface area contributed by atoms with Crippen LogP contribution in [0, 0.1) is 11.3 Å². The molecule has 4 unspecified atom stereocenters. The van der Waals surface area contributed by atoms with Crippen LogP contribution in [0.1, 0.15) is 20.3 Å². The Kier molecular flexibility index (Phi) is 3.94. The molecule has 0 aromatic rings. The molecule has 104 valence electrons. The molecule has 18 heavy (non-hydrogen) atoms. The fraction of sp³-hybridized carbons (Fsp3) is 0.923. The SMILES string of the molecule is COC1CN(C(=O)C2(C)COCC2N)CCC1C. The molecule has 2 fully saturated rings. The van der Waals surface area contributed by atoms with E-state index in [0.29, 0.717) is 25.7 Å². The number of carbonyl (C=O) groups is 1. The number of amides is 1. The second-order valence-electron chi connectivity index (χ2n) is 5.83. The van der Waals surface area contributed by atoms with E-state index < -0.39 is 5.41 Å². The highest BCUT2D eigenvalue weighted by atomic mass is 16.5. The predicted octanol–water partition coefficient (Wildman–Crippen LogP) is 0.234. The summed E-state index contributed by atoms with van der Waals surface area (Å²) in [5.41, 5.74) is 5.44. The van der Waals surface area contributed by atoms with Crippen LogP contribution < -0.4 is 5.73 Å². The summed E-state index contributed by atoms with van der Waals surface area (Å²) in [6.07, 6.45) is 1.11. The van der Waals surface area contributed by atoms with Crippen LogP contribution in [0.5, 0.6) is 0 Å². The van der Waals surface area contributed by atoms with Gasteiger partial charge in [0.05, 0.1) is 24.7 Å². The molecule has 2 rings (SSSR count). The van der Waals surface area contributed by atoms with Gasteiger partial charge in [-0.05, 0) is 19.3 Å². The first-order chi connectivity index (χ1) is 8.49. The zero-order chi connectivity index (χ0) is 13.3. The van der Waals surface area contributed by atoms with Gasteiger partial charge in [-0.1, -0.05) is 6.92 Å². The average molecular weight is 256 g/mol. The molecule has 0 saturated carbocycles. The largest absolute Gasteiger partial charge is 0.379 e. The van der Waals surface area contributed by atoms with Crippen molar-refractivity contribution < 1.29 is 14.3 Å². The van der Waals surface area contributed by atoms with Crippen LogP contribution in [0.15, 0.2) is 0 Å². The predicted molar refractivity (Wildman–Crippen MR) is 68.1 cm³/mol. The minimum atomic E-state index is -0.571. The zero-order valence-electron chi connectivity index (χ0n) is 11.5. The zero-order valence-corrected chi connectivity index (χ0v) is 11.5. The number of hydrogen-bond acceptors (Lipinski definition) is 4. The third kappa shape index (κ3) is 2.27. The molecule has 0 radical (unpaired) electrons. The topological polar surface area (TPSA) is 64.8 Å². The van der Waals surface area contributed by atoms with E-state index in [-0.39, 0.29) is 18.1 Å². The molecule has 1 amide bonds. The Balaban J connectivity index is 2.05. The molecule has 2 aliphatic rings. The fourth-order valence-corrected chi connectivity index (χ4v) is 2.80. The van der Waals surface area contributed by atoms with Crippen molar-refractivity contribution in [2.75, 3.05) is 33.4 Å². The molecule has 0 aliphatic carbocycles. The van der Waals surface area contributed by atoms with Crippen molar-refractivity contribution in [2.24, 2.45) is 17.1 Å². The van der Waals surface area contributed by atoms with E-state index >= 15 is 0 Å². The Morgan fingerprint density at radius 2 is 2.28 bits per heavy atom. The van der Waals surface area contributed by atoms with Crippen LogP contribution in [0.25, 0.3) is 0 Å². The van der Waals surface area contributed by atoms with Crippen LogP contribution in [0.2, 0.25) is 0 Å². The van der Waals surface area contributed by atoms with Gasteiger partial charge in [0.2, 0.25) is 5.91 Å². The van der Waals surface area contributed by atoms with Gasteiger partial charge in [0.15, 0.2) is 0 Å². The summed E-state index contributed by atoms with van der Waals surface area (Å²) in [6, 6.07) is -0.203. The molecule has 0 bridgehead atoms. The van der Waals surface area contributed by atoms with Gasteiger partial charge >= 0.3 is 0 Å². The number of piperidine rings is 1. The standard InChI is InChI=1S/C13H24N2O3/c1-9-4-5-15(6-10(9)17-3)12(16)13(2)8-18-7-11(13)14/h9-11H,4-8,14H2,1-3H3. The van der Waals surface area contributed by atoms with Gasteiger partial charge < -0.3 is 20.1 Å². The number of nitrogens with zero attached hydrogens (tertiary/aromatic N) is 1. The van der Waals surface area contributed by atoms with E-state index in [2.05, 4.69) is 6.92 Å². The number of ether oxygens (including phenoxy) is 2. The number of nitrogens with two attached hydrogens (primary N) is 1. The van der Waals surface area contributed by atoms with Gasteiger partial charge in [0.25, 0.3) is 0 Å². The van der Waals surface area contributed by atoms with Crippen molar-refractivity contribution in [3.05, 3.63) is 0 Å². The Bertz CT molecular complexity index is 323. The van der Waals surface area contributed by atoms with Crippen LogP contribution in [-0.2, 0) is 14.3 Å². The van der Waals surface area contributed by atoms with E-state index in [4.69, 9.17) is 15.2 Å². The quantitative estimate of drug-likeness (QED) is 0.768. The minimum absolute atomic E-state index is 0.112. The number of hydrogen-bond donors (Lipinski definition) is 1. The van der Waals surface area contributed by atoms with Crippen LogP contribution in [-0.4, -0.2) is 56.4 Å².